The van der Waals surface area contributed by atoms with Crippen LogP contribution in [0.5, 0.6) is 0 Å². The highest BCUT2D eigenvalue weighted by atomic mass is 19.1. The first-order chi connectivity index (χ1) is 9.53. The maximum atomic E-state index is 13.2. The Bertz CT molecular complexity index is 529. The molecule has 5 nitrogen and oxygen atoms in total. The SMILES string of the molecule is CCC1(CC)C(=O)NCC(=O)N1Cc1cncc(F)c1. The van der Waals surface area contributed by atoms with Crippen LogP contribution in [-0.4, -0.2) is 33.8 Å². The van der Waals surface area contributed by atoms with Crippen LogP contribution in [0.2, 0.25) is 0 Å². The van der Waals surface area contributed by atoms with Crippen LogP contribution in [0.4, 0.5) is 4.39 Å². The first-order valence-corrected chi connectivity index (χ1v) is 6.71. The van der Waals surface area contributed by atoms with E-state index in [4.69, 9.17) is 0 Å². The molecule has 0 spiro atoms. The number of halogens is 1. The van der Waals surface area contributed by atoms with Crippen molar-refractivity contribution in [3.8, 4) is 0 Å². The molecule has 0 bridgehead atoms. The van der Waals surface area contributed by atoms with Crippen LogP contribution in [0.25, 0.3) is 0 Å². The highest BCUT2D eigenvalue weighted by Crippen LogP contribution is 2.29. The summed E-state index contributed by atoms with van der Waals surface area (Å²) in [5.41, 5.74) is -0.277. The lowest BCUT2D eigenvalue weighted by molar-refractivity contribution is -0.155. The number of rotatable bonds is 4. The lowest BCUT2D eigenvalue weighted by atomic mass is 9.87. The third-order valence-electron chi connectivity index (χ3n) is 3.91. The van der Waals surface area contributed by atoms with Crippen LogP contribution in [0.3, 0.4) is 0 Å². The quantitative estimate of drug-likeness (QED) is 0.902. The predicted molar refractivity (Wildman–Crippen MR) is 71.1 cm³/mol. The molecular formula is C14H18FN3O2. The summed E-state index contributed by atoms with van der Waals surface area (Å²) in [4.78, 5) is 29.7. The number of pyridine rings is 1. The average molecular weight is 279 g/mol. The number of hydrogen-bond donors (Lipinski definition) is 1. The Morgan fingerprint density at radius 2 is 2.05 bits per heavy atom. The average Bonchev–Trinajstić information content (AvgIpc) is 2.44. The molecule has 6 heteroatoms. The van der Waals surface area contributed by atoms with E-state index in [2.05, 4.69) is 10.3 Å². The van der Waals surface area contributed by atoms with Gasteiger partial charge in [0.15, 0.2) is 0 Å². The number of nitrogens with one attached hydrogen (secondary N) is 1. The summed E-state index contributed by atoms with van der Waals surface area (Å²) in [6, 6.07) is 1.34. The molecule has 0 radical (unpaired) electrons. The number of piperazine rings is 1. The molecule has 2 amide bonds. The van der Waals surface area contributed by atoms with Gasteiger partial charge in [0.2, 0.25) is 11.8 Å². The van der Waals surface area contributed by atoms with Gasteiger partial charge in [-0.2, -0.15) is 0 Å². The molecular weight excluding hydrogens is 261 g/mol. The van der Waals surface area contributed by atoms with E-state index in [1.807, 2.05) is 13.8 Å². The number of amides is 2. The molecule has 0 saturated carbocycles. The fraction of sp³-hybridized carbons (Fsp3) is 0.500. The van der Waals surface area contributed by atoms with Gasteiger partial charge in [-0.1, -0.05) is 13.8 Å². The maximum absolute atomic E-state index is 13.2. The van der Waals surface area contributed by atoms with Gasteiger partial charge < -0.3 is 10.2 Å². The molecule has 1 aliphatic rings. The lowest BCUT2D eigenvalue weighted by Crippen LogP contribution is -2.66. The van der Waals surface area contributed by atoms with E-state index < -0.39 is 11.4 Å². The van der Waals surface area contributed by atoms with Crippen molar-refractivity contribution < 1.29 is 14.0 Å². The Morgan fingerprint density at radius 1 is 1.35 bits per heavy atom. The minimum atomic E-state index is -0.859. The van der Waals surface area contributed by atoms with E-state index in [0.29, 0.717) is 18.4 Å². The molecule has 2 rings (SSSR count). The molecule has 1 saturated heterocycles. The summed E-state index contributed by atoms with van der Waals surface area (Å²) in [5, 5.41) is 2.63. The maximum Gasteiger partial charge on any atom is 0.246 e. The molecule has 1 N–H and O–H groups in total. The van der Waals surface area contributed by atoms with E-state index in [9.17, 15) is 14.0 Å². The van der Waals surface area contributed by atoms with Crippen LogP contribution in [0.15, 0.2) is 18.5 Å². The molecule has 0 unspecified atom stereocenters. The molecule has 1 aliphatic heterocycles. The van der Waals surface area contributed by atoms with Crippen molar-refractivity contribution in [1.82, 2.24) is 15.2 Å². The second kappa shape index (κ2) is 5.56. The van der Waals surface area contributed by atoms with Gasteiger partial charge in [0.05, 0.1) is 12.7 Å². The van der Waals surface area contributed by atoms with Gasteiger partial charge in [-0.05, 0) is 24.5 Å². The topological polar surface area (TPSA) is 62.3 Å². The van der Waals surface area contributed by atoms with E-state index in [1.54, 1.807) is 4.90 Å². The van der Waals surface area contributed by atoms with Gasteiger partial charge in [0.1, 0.15) is 11.4 Å². The van der Waals surface area contributed by atoms with Crippen molar-refractivity contribution in [2.24, 2.45) is 0 Å². The molecule has 108 valence electrons. The highest BCUT2D eigenvalue weighted by molar-refractivity contribution is 5.97. The number of carbonyl (C=O) groups excluding carboxylic acids is 2. The van der Waals surface area contributed by atoms with Crippen molar-refractivity contribution in [2.75, 3.05) is 6.54 Å². The molecule has 1 aromatic heterocycles. The number of aromatic nitrogens is 1. The van der Waals surface area contributed by atoms with Crippen LogP contribution >= 0.6 is 0 Å². The second-order valence-electron chi connectivity index (χ2n) is 4.91. The molecule has 2 heterocycles. The monoisotopic (exact) mass is 279 g/mol. The standard InChI is InChI=1S/C14H18FN3O2/c1-3-14(4-2)13(20)17-8-12(19)18(14)9-10-5-11(15)7-16-6-10/h5-7H,3-4,8-9H2,1-2H3,(H,17,20). The van der Waals surface area contributed by atoms with Crippen LogP contribution in [0, 0.1) is 5.82 Å². The molecule has 0 aliphatic carbocycles. The zero-order valence-corrected chi connectivity index (χ0v) is 11.6. The van der Waals surface area contributed by atoms with E-state index >= 15 is 0 Å². The molecule has 20 heavy (non-hydrogen) atoms. The summed E-state index contributed by atoms with van der Waals surface area (Å²) in [6.07, 6.45) is 3.66. The Labute approximate surface area is 117 Å². The van der Waals surface area contributed by atoms with Crippen LogP contribution < -0.4 is 5.32 Å². The zero-order valence-electron chi connectivity index (χ0n) is 11.6. The summed E-state index contributed by atoms with van der Waals surface area (Å²) < 4.78 is 13.2. The summed E-state index contributed by atoms with van der Waals surface area (Å²) in [7, 11) is 0. The second-order valence-corrected chi connectivity index (χ2v) is 4.91. The van der Waals surface area contributed by atoms with Gasteiger partial charge in [-0.15, -0.1) is 0 Å². The van der Waals surface area contributed by atoms with E-state index in [0.717, 1.165) is 6.20 Å². The van der Waals surface area contributed by atoms with Gasteiger partial charge in [-0.3, -0.25) is 14.6 Å². The van der Waals surface area contributed by atoms with Gasteiger partial charge in [0.25, 0.3) is 0 Å². The fourth-order valence-electron chi connectivity index (χ4n) is 2.69. The Morgan fingerprint density at radius 3 is 2.65 bits per heavy atom. The number of hydrogen-bond acceptors (Lipinski definition) is 3. The third kappa shape index (κ3) is 2.37. The van der Waals surface area contributed by atoms with Crippen molar-refractivity contribution in [3.05, 3.63) is 29.8 Å². The zero-order chi connectivity index (χ0) is 14.8. The fourth-order valence-corrected chi connectivity index (χ4v) is 2.69. The third-order valence-corrected chi connectivity index (χ3v) is 3.91. The van der Waals surface area contributed by atoms with Crippen molar-refractivity contribution in [1.29, 1.82) is 0 Å². The smallest absolute Gasteiger partial charge is 0.246 e. The normalized spacial score (nSPS) is 18.1. The molecule has 1 aromatic rings. The van der Waals surface area contributed by atoms with Crippen molar-refractivity contribution in [3.63, 3.8) is 0 Å². The molecule has 0 aromatic carbocycles. The minimum Gasteiger partial charge on any atom is -0.345 e. The predicted octanol–water partition coefficient (Wildman–Crippen LogP) is 1.24. The first-order valence-electron chi connectivity index (χ1n) is 6.71. The largest absolute Gasteiger partial charge is 0.345 e. The summed E-state index contributed by atoms with van der Waals surface area (Å²) >= 11 is 0. The van der Waals surface area contributed by atoms with Crippen molar-refractivity contribution >= 4 is 11.8 Å². The summed E-state index contributed by atoms with van der Waals surface area (Å²) in [6.45, 7) is 3.93. The van der Waals surface area contributed by atoms with E-state index in [-0.39, 0.29) is 24.9 Å². The molecule has 1 fully saturated rings. The van der Waals surface area contributed by atoms with Gasteiger partial charge in [0, 0.05) is 12.7 Å². The Hall–Kier alpha value is -1.98. The summed E-state index contributed by atoms with van der Waals surface area (Å²) in [5.74, 6) is -0.751. The van der Waals surface area contributed by atoms with Crippen LogP contribution in [-0.2, 0) is 16.1 Å². The van der Waals surface area contributed by atoms with Crippen molar-refractivity contribution in [2.45, 2.75) is 38.8 Å². The van der Waals surface area contributed by atoms with Gasteiger partial charge >= 0.3 is 0 Å². The Balaban J connectivity index is 2.34. The van der Waals surface area contributed by atoms with Crippen LogP contribution in [0.1, 0.15) is 32.3 Å². The minimum absolute atomic E-state index is 0.0106. The lowest BCUT2D eigenvalue weighted by Gasteiger charge is -2.45. The molecule has 0 atom stereocenters. The number of nitrogens with zero attached hydrogens (tertiary/aromatic N) is 2. The first kappa shape index (κ1) is 14.4. The van der Waals surface area contributed by atoms with E-state index in [1.165, 1.54) is 12.3 Å². The number of carbonyl (C=O) groups is 2. The highest BCUT2D eigenvalue weighted by Gasteiger charge is 2.46. The Kier molecular flexibility index (Phi) is 4.01. The van der Waals surface area contributed by atoms with Gasteiger partial charge in [-0.25, -0.2) is 4.39 Å².